The summed E-state index contributed by atoms with van der Waals surface area (Å²) in [6.07, 6.45) is 17.1. The lowest BCUT2D eigenvalue weighted by molar-refractivity contribution is -0.304. The summed E-state index contributed by atoms with van der Waals surface area (Å²) in [7, 11) is 0. The topological polar surface area (TPSA) is 34.2 Å². The molecule has 2 aliphatic heterocycles. The van der Waals surface area contributed by atoms with Gasteiger partial charge in [0.2, 0.25) is 0 Å². The van der Waals surface area contributed by atoms with Gasteiger partial charge >= 0.3 is 5.97 Å². The fraction of sp³-hybridized carbons (Fsp3) is 0.812. The van der Waals surface area contributed by atoms with E-state index in [1.165, 1.54) is 90.1 Å². The summed E-state index contributed by atoms with van der Waals surface area (Å²) in [5.41, 5.74) is 0. The molecule has 5 heteroatoms. The van der Waals surface area contributed by atoms with E-state index in [1.54, 1.807) is 0 Å². The molecule has 0 spiro atoms. The van der Waals surface area contributed by atoms with Crippen molar-refractivity contribution in [1.29, 1.82) is 0 Å². The van der Waals surface area contributed by atoms with E-state index in [9.17, 15) is 0 Å². The van der Waals surface area contributed by atoms with Crippen molar-refractivity contribution >= 4 is 0 Å². The van der Waals surface area contributed by atoms with E-state index in [-0.39, 0.29) is 0 Å². The summed E-state index contributed by atoms with van der Waals surface area (Å²) in [4.78, 5) is 5.23. The molecule has 0 saturated heterocycles. The van der Waals surface area contributed by atoms with Gasteiger partial charge in [0.15, 0.2) is 0 Å². The highest BCUT2D eigenvalue weighted by Gasteiger charge is 2.39. The molecule has 1 aromatic rings. The first-order chi connectivity index (χ1) is 18.1. The van der Waals surface area contributed by atoms with Crippen molar-refractivity contribution < 1.29 is 14.2 Å². The highest BCUT2D eigenvalue weighted by atomic mass is 16.9. The van der Waals surface area contributed by atoms with E-state index < -0.39 is 5.97 Å². The van der Waals surface area contributed by atoms with Crippen LogP contribution in [0.4, 0.5) is 0 Å². The molecule has 5 nitrogen and oxygen atoms in total. The van der Waals surface area contributed by atoms with Crippen LogP contribution in [0.1, 0.15) is 118 Å². The molecule has 0 aliphatic carbocycles. The molecule has 0 fully saturated rings. The number of rotatable bonds is 24. The van der Waals surface area contributed by atoms with Crippen LogP contribution in [0.5, 0.6) is 11.5 Å². The molecule has 1 aromatic carbocycles. The molecule has 0 amide bonds. The zero-order valence-electron chi connectivity index (χ0n) is 24.8. The van der Waals surface area contributed by atoms with Crippen LogP contribution in [-0.2, 0) is 4.74 Å². The Morgan fingerprint density at radius 3 is 1.32 bits per heavy atom. The molecule has 0 saturated carbocycles. The van der Waals surface area contributed by atoms with Crippen molar-refractivity contribution in [3.8, 4) is 11.5 Å². The van der Waals surface area contributed by atoms with E-state index in [4.69, 9.17) is 14.2 Å². The van der Waals surface area contributed by atoms with Crippen LogP contribution >= 0.6 is 0 Å². The third-order valence-electron chi connectivity index (χ3n) is 7.36. The van der Waals surface area contributed by atoms with Crippen molar-refractivity contribution in [3.05, 3.63) is 24.3 Å². The fourth-order valence-electron chi connectivity index (χ4n) is 5.01. The SMILES string of the molecule is CCCCCN(CCCCC)CCCOC1(CCN(CCCCC)CCCCC)Oc2ccc(cc2)O1. The van der Waals surface area contributed by atoms with Gasteiger partial charge in [-0.05, 0) is 82.5 Å². The molecule has 0 atom stereocenters. The van der Waals surface area contributed by atoms with Gasteiger partial charge in [-0.1, -0.05) is 79.1 Å². The van der Waals surface area contributed by atoms with Crippen LogP contribution < -0.4 is 9.47 Å². The molecule has 0 aromatic heterocycles. The summed E-state index contributed by atoms with van der Waals surface area (Å²) in [6, 6.07) is 7.96. The molecular weight excluding hydrogens is 460 g/mol. The van der Waals surface area contributed by atoms with Crippen LogP contribution in [0.3, 0.4) is 0 Å². The molecule has 0 N–H and O–H groups in total. The Kier molecular flexibility index (Phi) is 17.0. The van der Waals surface area contributed by atoms with Crippen LogP contribution in [-0.4, -0.2) is 61.6 Å². The molecule has 2 bridgehead atoms. The summed E-state index contributed by atoms with van der Waals surface area (Å²) in [6.45, 7) is 16.4. The van der Waals surface area contributed by atoms with Crippen LogP contribution in [0.15, 0.2) is 24.3 Å². The molecule has 3 rings (SSSR count). The summed E-state index contributed by atoms with van der Waals surface area (Å²) >= 11 is 0. The van der Waals surface area contributed by atoms with Gasteiger partial charge in [0.05, 0.1) is 13.0 Å². The van der Waals surface area contributed by atoms with Gasteiger partial charge < -0.3 is 24.0 Å². The number of fused-ring (bicyclic) bond motifs is 4. The standard InChI is InChI=1S/C32H58N2O3/c1-5-9-13-23-33(24-14-10-6-2)27-17-29-35-32(36-30-18-19-31(37-32)21-20-30)22-28-34(25-15-11-7-3)26-16-12-8-4/h18-21H,5-17,22-29H2,1-4H3. The molecule has 214 valence electrons. The van der Waals surface area contributed by atoms with Gasteiger partial charge in [-0.15, -0.1) is 0 Å². The van der Waals surface area contributed by atoms with E-state index >= 15 is 0 Å². The smallest absolute Gasteiger partial charge is 0.372 e. The van der Waals surface area contributed by atoms with Crippen molar-refractivity contribution in [3.63, 3.8) is 0 Å². The summed E-state index contributed by atoms with van der Waals surface area (Å²) in [5.74, 6) is 0.608. The molecule has 0 radical (unpaired) electrons. The Labute approximate surface area is 229 Å². The summed E-state index contributed by atoms with van der Waals surface area (Å²) < 4.78 is 19.3. The second-order valence-corrected chi connectivity index (χ2v) is 10.8. The highest BCUT2D eigenvalue weighted by molar-refractivity contribution is 5.33. The van der Waals surface area contributed by atoms with Crippen LogP contribution in [0, 0.1) is 0 Å². The van der Waals surface area contributed by atoms with Crippen LogP contribution in [0.2, 0.25) is 0 Å². The predicted molar refractivity (Wildman–Crippen MR) is 157 cm³/mol. The lowest BCUT2D eigenvalue weighted by Gasteiger charge is -2.34. The van der Waals surface area contributed by atoms with Gasteiger partial charge in [-0.25, -0.2) is 0 Å². The molecule has 2 aliphatic rings. The van der Waals surface area contributed by atoms with Crippen molar-refractivity contribution in [2.45, 2.75) is 124 Å². The number of unbranched alkanes of at least 4 members (excludes halogenated alkanes) is 8. The fourth-order valence-corrected chi connectivity index (χ4v) is 5.01. The number of ether oxygens (including phenoxy) is 3. The Morgan fingerprint density at radius 1 is 0.541 bits per heavy atom. The van der Waals surface area contributed by atoms with Crippen LogP contribution in [0.25, 0.3) is 0 Å². The maximum Gasteiger partial charge on any atom is 0.372 e. The molecule has 37 heavy (non-hydrogen) atoms. The largest absolute Gasteiger partial charge is 0.430 e. The van der Waals surface area contributed by atoms with Gasteiger partial charge in [-0.2, -0.15) is 0 Å². The Hall–Kier alpha value is -1.30. The van der Waals surface area contributed by atoms with Crippen molar-refractivity contribution in [1.82, 2.24) is 9.80 Å². The average molecular weight is 519 g/mol. The summed E-state index contributed by atoms with van der Waals surface area (Å²) in [5, 5.41) is 0. The minimum atomic E-state index is -1.04. The van der Waals surface area contributed by atoms with Gasteiger partial charge in [0.1, 0.15) is 11.5 Å². The number of hydrogen-bond acceptors (Lipinski definition) is 5. The maximum atomic E-state index is 6.52. The predicted octanol–water partition coefficient (Wildman–Crippen LogP) is 8.27. The van der Waals surface area contributed by atoms with Crippen molar-refractivity contribution in [2.75, 3.05) is 45.9 Å². The first-order valence-corrected chi connectivity index (χ1v) is 15.7. The number of benzene rings is 1. The second-order valence-electron chi connectivity index (χ2n) is 10.8. The lowest BCUT2D eigenvalue weighted by atomic mass is 10.2. The lowest BCUT2D eigenvalue weighted by Crippen LogP contribution is -2.48. The Morgan fingerprint density at radius 2 is 0.919 bits per heavy atom. The van der Waals surface area contributed by atoms with E-state index in [0.717, 1.165) is 44.1 Å². The van der Waals surface area contributed by atoms with Gasteiger partial charge in [0, 0.05) is 13.1 Å². The quantitative estimate of drug-likeness (QED) is 0.129. The van der Waals surface area contributed by atoms with E-state index in [1.807, 2.05) is 24.3 Å². The molecule has 0 unspecified atom stereocenters. The minimum absolute atomic E-state index is 0.643. The minimum Gasteiger partial charge on any atom is -0.430 e. The Balaban J connectivity index is 1.95. The van der Waals surface area contributed by atoms with E-state index in [2.05, 4.69) is 37.5 Å². The van der Waals surface area contributed by atoms with Crippen molar-refractivity contribution in [2.24, 2.45) is 0 Å². The second kappa shape index (κ2) is 19.7. The van der Waals surface area contributed by atoms with Gasteiger partial charge in [0.25, 0.3) is 0 Å². The normalized spacial score (nSPS) is 14.2. The van der Waals surface area contributed by atoms with E-state index in [0.29, 0.717) is 13.0 Å². The third kappa shape index (κ3) is 13.4. The molecule has 2 heterocycles. The highest BCUT2D eigenvalue weighted by Crippen LogP contribution is 2.33. The Bertz CT molecular complexity index is 622. The van der Waals surface area contributed by atoms with Gasteiger partial charge in [-0.3, -0.25) is 0 Å². The zero-order valence-corrected chi connectivity index (χ0v) is 24.8. The number of hydrogen-bond donors (Lipinski definition) is 0. The third-order valence-corrected chi connectivity index (χ3v) is 7.36. The first kappa shape index (κ1) is 31.9. The maximum absolute atomic E-state index is 6.52. The monoisotopic (exact) mass is 518 g/mol. The zero-order chi connectivity index (χ0) is 26.6. The first-order valence-electron chi connectivity index (χ1n) is 15.7. The number of nitrogens with zero attached hydrogens (tertiary/aromatic N) is 2. The molecular formula is C32H58N2O3. The average Bonchev–Trinajstić information content (AvgIpc) is 3.19.